The van der Waals surface area contributed by atoms with Crippen LogP contribution in [0.2, 0.25) is 0 Å². The van der Waals surface area contributed by atoms with Crippen LogP contribution in [0, 0.1) is 17.8 Å². The fourth-order valence-corrected chi connectivity index (χ4v) is 4.01. The smallest absolute Gasteiger partial charge is 0.118 e. The van der Waals surface area contributed by atoms with Crippen molar-refractivity contribution in [3.05, 3.63) is 29.8 Å². The Bertz CT molecular complexity index is 374. The standard InChI is InChI=1S/C15H19ClO/c1-17-11-8-6-10(7-9-11)15(16)14-12-4-2-3-5-13(12)14/h6-9,12-15H,2-5H2,1H3. The van der Waals surface area contributed by atoms with Crippen LogP contribution in [0.3, 0.4) is 0 Å². The van der Waals surface area contributed by atoms with E-state index >= 15 is 0 Å². The molecule has 2 aliphatic carbocycles. The molecule has 2 fully saturated rings. The highest BCUT2D eigenvalue weighted by Crippen LogP contribution is 2.62. The van der Waals surface area contributed by atoms with E-state index in [1.165, 1.54) is 31.2 Å². The van der Waals surface area contributed by atoms with Crippen molar-refractivity contribution in [2.75, 3.05) is 7.11 Å². The second kappa shape index (κ2) is 4.53. The molecule has 1 aromatic rings. The Morgan fingerprint density at radius 1 is 1.12 bits per heavy atom. The van der Waals surface area contributed by atoms with Crippen molar-refractivity contribution in [2.45, 2.75) is 31.1 Å². The molecule has 2 heteroatoms. The van der Waals surface area contributed by atoms with Crippen molar-refractivity contribution in [2.24, 2.45) is 17.8 Å². The largest absolute Gasteiger partial charge is 0.497 e. The van der Waals surface area contributed by atoms with Crippen LogP contribution in [0.25, 0.3) is 0 Å². The van der Waals surface area contributed by atoms with Crippen LogP contribution in [0.1, 0.15) is 36.6 Å². The molecule has 0 saturated heterocycles. The maximum absolute atomic E-state index is 6.63. The van der Waals surface area contributed by atoms with Crippen LogP contribution in [0.4, 0.5) is 0 Å². The van der Waals surface area contributed by atoms with Gasteiger partial charge in [-0.05, 0) is 48.3 Å². The van der Waals surface area contributed by atoms with Gasteiger partial charge in [-0.15, -0.1) is 11.6 Å². The highest BCUT2D eigenvalue weighted by Gasteiger charge is 2.53. The van der Waals surface area contributed by atoms with Crippen LogP contribution in [0.15, 0.2) is 24.3 Å². The topological polar surface area (TPSA) is 9.23 Å². The fraction of sp³-hybridized carbons (Fsp3) is 0.600. The number of fused-ring (bicyclic) bond motifs is 1. The number of alkyl halides is 1. The summed E-state index contributed by atoms with van der Waals surface area (Å²) in [5.74, 6) is 3.46. The molecule has 0 aromatic heterocycles. The summed E-state index contributed by atoms with van der Waals surface area (Å²) < 4.78 is 5.18. The van der Waals surface area contributed by atoms with E-state index in [1.807, 2.05) is 12.1 Å². The number of methoxy groups -OCH3 is 1. The number of hydrogen-bond donors (Lipinski definition) is 0. The van der Waals surface area contributed by atoms with Crippen molar-refractivity contribution in [1.82, 2.24) is 0 Å². The van der Waals surface area contributed by atoms with Crippen molar-refractivity contribution in [1.29, 1.82) is 0 Å². The number of rotatable bonds is 3. The van der Waals surface area contributed by atoms with E-state index in [1.54, 1.807) is 7.11 Å². The molecule has 0 bridgehead atoms. The molecule has 2 aliphatic rings. The van der Waals surface area contributed by atoms with E-state index in [-0.39, 0.29) is 5.38 Å². The Balaban J connectivity index is 1.71. The van der Waals surface area contributed by atoms with Crippen molar-refractivity contribution in [3.63, 3.8) is 0 Å². The lowest BCUT2D eigenvalue weighted by Gasteiger charge is -2.10. The fourth-order valence-electron chi connectivity index (χ4n) is 3.49. The molecule has 3 rings (SSSR count). The zero-order valence-electron chi connectivity index (χ0n) is 10.2. The first-order chi connectivity index (χ1) is 8.31. The first kappa shape index (κ1) is 11.4. The lowest BCUT2D eigenvalue weighted by Crippen LogP contribution is -1.96. The van der Waals surface area contributed by atoms with Gasteiger partial charge in [0.15, 0.2) is 0 Å². The summed E-state index contributed by atoms with van der Waals surface area (Å²) in [6, 6.07) is 8.25. The quantitative estimate of drug-likeness (QED) is 0.722. The third kappa shape index (κ3) is 2.06. The van der Waals surface area contributed by atoms with Crippen LogP contribution in [0.5, 0.6) is 5.75 Å². The van der Waals surface area contributed by atoms with Gasteiger partial charge >= 0.3 is 0 Å². The molecular weight excluding hydrogens is 232 g/mol. The van der Waals surface area contributed by atoms with Crippen LogP contribution in [-0.4, -0.2) is 7.11 Å². The van der Waals surface area contributed by atoms with E-state index in [2.05, 4.69) is 12.1 Å². The van der Waals surface area contributed by atoms with E-state index in [9.17, 15) is 0 Å². The lowest BCUT2D eigenvalue weighted by molar-refractivity contribution is 0.414. The molecular formula is C15H19ClO. The van der Waals surface area contributed by atoms with E-state index in [0.717, 1.165) is 23.5 Å². The highest BCUT2D eigenvalue weighted by atomic mass is 35.5. The van der Waals surface area contributed by atoms with E-state index < -0.39 is 0 Å². The van der Waals surface area contributed by atoms with Crippen molar-refractivity contribution < 1.29 is 4.74 Å². The number of ether oxygens (including phenoxy) is 1. The average molecular weight is 251 g/mol. The lowest BCUT2D eigenvalue weighted by atomic mass is 10.0. The van der Waals surface area contributed by atoms with Gasteiger partial charge in [-0.2, -0.15) is 0 Å². The Labute approximate surface area is 108 Å². The predicted molar refractivity (Wildman–Crippen MR) is 70.5 cm³/mol. The minimum absolute atomic E-state index is 0.203. The highest BCUT2D eigenvalue weighted by molar-refractivity contribution is 6.21. The first-order valence-corrected chi connectivity index (χ1v) is 7.03. The van der Waals surface area contributed by atoms with E-state index in [4.69, 9.17) is 16.3 Å². The Morgan fingerprint density at radius 3 is 2.24 bits per heavy atom. The second-order valence-corrected chi connectivity index (χ2v) is 5.83. The minimum Gasteiger partial charge on any atom is -0.497 e. The van der Waals surface area contributed by atoms with Crippen LogP contribution in [-0.2, 0) is 0 Å². The molecule has 1 aromatic carbocycles. The molecule has 0 radical (unpaired) electrons. The molecule has 0 aliphatic heterocycles. The maximum atomic E-state index is 6.63. The Morgan fingerprint density at radius 2 is 1.71 bits per heavy atom. The van der Waals surface area contributed by atoms with Gasteiger partial charge in [-0.25, -0.2) is 0 Å². The van der Waals surface area contributed by atoms with Gasteiger partial charge < -0.3 is 4.74 Å². The first-order valence-electron chi connectivity index (χ1n) is 6.59. The molecule has 17 heavy (non-hydrogen) atoms. The van der Waals surface area contributed by atoms with Gasteiger partial charge in [0.05, 0.1) is 12.5 Å². The summed E-state index contributed by atoms with van der Waals surface area (Å²) in [6.07, 6.45) is 5.61. The normalized spacial score (nSPS) is 32.7. The Kier molecular flexibility index (Phi) is 3.04. The van der Waals surface area contributed by atoms with Gasteiger partial charge in [0, 0.05) is 0 Å². The minimum atomic E-state index is 0.203. The third-order valence-corrected chi connectivity index (χ3v) is 5.04. The zero-order chi connectivity index (χ0) is 11.8. The van der Waals surface area contributed by atoms with Gasteiger partial charge in [0.1, 0.15) is 5.75 Å². The summed E-state index contributed by atoms with van der Waals surface area (Å²) in [5, 5.41) is 0.203. The predicted octanol–water partition coefficient (Wildman–Crippen LogP) is 4.41. The van der Waals surface area contributed by atoms with E-state index in [0.29, 0.717) is 0 Å². The summed E-state index contributed by atoms with van der Waals surface area (Å²) in [5.41, 5.74) is 1.26. The zero-order valence-corrected chi connectivity index (χ0v) is 11.0. The molecule has 3 atom stereocenters. The van der Waals surface area contributed by atoms with Gasteiger partial charge in [0.25, 0.3) is 0 Å². The summed E-state index contributed by atoms with van der Waals surface area (Å²) in [7, 11) is 1.70. The number of hydrogen-bond acceptors (Lipinski definition) is 1. The van der Waals surface area contributed by atoms with Gasteiger partial charge in [-0.1, -0.05) is 25.0 Å². The molecule has 2 saturated carbocycles. The maximum Gasteiger partial charge on any atom is 0.118 e. The van der Waals surface area contributed by atoms with Gasteiger partial charge in [-0.3, -0.25) is 0 Å². The van der Waals surface area contributed by atoms with Crippen molar-refractivity contribution >= 4 is 11.6 Å². The third-order valence-electron chi connectivity index (χ3n) is 4.49. The molecule has 92 valence electrons. The number of benzene rings is 1. The van der Waals surface area contributed by atoms with Crippen LogP contribution >= 0.6 is 11.6 Å². The Hall–Kier alpha value is -0.690. The molecule has 1 nitrogen and oxygen atoms in total. The molecule has 0 spiro atoms. The summed E-state index contributed by atoms with van der Waals surface area (Å²) in [4.78, 5) is 0. The SMILES string of the molecule is COc1ccc(C(Cl)C2C3CCCCC32)cc1. The second-order valence-electron chi connectivity index (χ2n) is 5.36. The monoisotopic (exact) mass is 250 g/mol. The summed E-state index contributed by atoms with van der Waals surface area (Å²) >= 11 is 6.63. The molecule has 0 heterocycles. The molecule has 0 amide bonds. The molecule has 0 N–H and O–H groups in total. The molecule has 3 unspecified atom stereocenters. The van der Waals surface area contributed by atoms with Crippen LogP contribution < -0.4 is 4.74 Å². The van der Waals surface area contributed by atoms with Gasteiger partial charge in [0.2, 0.25) is 0 Å². The van der Waals surface area contributed by atoms with Crippen molar-refractivity contribution in [3.8, 4) is 5.75 Å². The number of halogens is 1. The summed E-state index contributed by atoms with van der Waals surface area (Å²) in [6.45, 7) is 0. The average Bonchev–Trinajstić information content (AvgIpc) is 3.12.